The van der Waals surface area contributed by atoms with Gasteiger partial charge in [0.2, 0.25) is 5.91 Å². The fraction of sp³-hybridized carbons (Fsp3) is 0.344. The van der Waals surface area contributed by atoms with Crippen LogP contribution in [0, 0.1) is 11.3 Å². The zero-order chi connectivity index (χ0) is 28.4. The van der Waals surface area contributed by atoms with Gasteiger partial charge in [0.25, 0.3) is 0 Å². The van der Waals surface area contributed by atoms with Crippen LogP contribution in [-0.4, -0.2) is 40.8 Å². The third-order valence-corrected chi connectivity index (χ3v) is 6.76. The van der Waals surface area contributed by atoms with E-state index in [1.54, 1.807) is 4.90 Å². The Hall–Kier alpha value is -3.97. The van der Waals surface area contributed by atoms with Crippen molar-refractivity contribution in [3.63, 3.8) is 0 Å². The molecule has 0 aliphatic carbocycles. The van der Waals surface area contributed by atoms with Crippen molar-refractivity contribution in [2.75, 3.05) is 7.11 Å². The summed E-state index contributed by atoms with van der Waals surface area (Å²) >= 11 is 0. The fourth-order valence-corrected chi connectivity index (χ4v) is 4.63. The Balaban J connectivity index is 1.84. The molecule has 206 valence electrons. The average molecular weight is 529 g/mol. The monoisotopic (exact) mass is 528 g/mol. The van der Waals surface area contributed by atoms with Crippen molar-refractivity contribution in [1.29, 1.82) is 5.41 Å². The molecule has 0 spiro atoms. The average Bonchev–Trinajstić information content (AvgIpc) is 2.95. The number of hydrazine groups is 1. The number of rotatable bonds is 12. The molecule has 3 aromatic rings. The van der Waals surface area contributed by atoms with Crippen LogP contribution in [0.1, 0.15) is 56.7 Å². The van der Waals surface area contributed by atoms with Gasteiger partial charge < -0.3 is 9.64 Å². The SMILES string of the molecule is CCCCC(=O)N(Cc1ccc(-c2ccccc2C(=N)N(N)Cc2ccccc2)cc1)C(C(=O)OC)C(C)C. The van der Waals surface area contributed by atoms with E-state index in [9.17, 15) is 9.59 Å². The van der Waals surface area contributed by atoms with Gasteiger partial charge in [-0.25, -0.2) is 10.6 Å². The topological polar surface area (TPSA) is 99.7 Å². The van der Waals surface area contributed by atoms with Gasteiger partial charge in [-0.3, -0.25) is 15.2 Å². The van der Waals surface area contributed by atoms with E-state index in [0.29, 0.717) is 19.5 Å². The molecule has 0 aliphatic rings. The maximum atomic E-state index is 13.2. The van der Waals surface area contributed by atoms with E-state index in [1.165, 1.54) is 12.1 Å². The third-order valence-electron chi connectivity index (χ3n) is 6.76. The van der Waals surface area contributed by atoms with Crippen LogP contribution in [0.4, 0.5) is 0 Å². The van der Waals surface area contributed by atoms with Crippen LogP contribution in [0.2, 0.25) is 0 Å². The molecule has 0 bridgehead atoms. The van der Waals surface area contributed by atoms with Gasteiger partial charge in [-0.15, -0.1) is 0 Å². The normalized spacial score (nSPS) is 11.6. The summed E-state index contributed by atoms with van der Waals surface area (Å²) < 4.78 is 5.05. The summed E-state index contributed by atoms with van der Waals surface area (Å²) in [6, 6.07) is 24.8. The lowest BCUT2D eigenvalue weighted by Crippen LogP contribution is -2.48. The van der Waals surface area contributed by atoms with E-state index >= 15 is 0 Å². The molecule has 39 heavy (non-hydrogen) atoms. The van der Waals surface area contributed by atoms with E-state index in [1.807, 2.05) is 99.6 Å². The molecule has 0 radical (unpaired) electrons. The van der Waals surface area contributed by atoms with E-state index < -0.39 is 12.0 Å². The second kappa shape index (κ2) is 14.3. The van der Waals surface area contributed by atoms with Gasteiger partial charge >= 0.3 is 5.97 Å². The Labute approximate surface area is 232 Å². The minimum absolute atomic E-state index is 0.0507. The number of hydrogen-bond acceptors (Lipinski definition) is 5. The van der Waals surface area contributed by atoms with Crippen LogP contribution >= 0.6 is 0 Å². The zero-order valence-corrected chi connectivity index (χ0v) is 23.4. The van der Waals surface area contributed by atoms with E-state index in [2.05, 4.69) is 0 Å². The number of nitrogens with one attached hydrogen (secondary N) is 1. The quantitative estimate of drug-likeness (QED) is 0.102. The number of unbranched alkanes of at least 4 members (excludes halogenated alkanes) is 1. The van der Waals surface area contributed by atoms with Crippen LogP contribution in [0.3, 0.4) is 0 Å². The van der Waals surface area contributed by atoms with Gasteiger partial charge in [-0.2, -0.15) is 0 Å². The molecule has 0 aliphatic heterocycles. The third kappa shape index (κ3) is 7.77. The van der Waals surface area contributed by atoms with Crippen molar-refractivity contribution in [3.05, 3.63) is 95.6 Å². The number of methoxy groups -OCH3 is 1. The first-order valence-electron chi connectivity index (χ1n) is 13.5. The molecular weight excluding hydrogens is 488 g/mol. The Morgan fingerprint density at radius 2 is 1.51 bits per heavy atom. The maximum Gasteiger partial charge on any atom is 0.328 e. The lowest BCUT2D eigenvalue weighted by Gasteiger charge is -2.32. The molecule has 1 unspecified atom stereocenters. The number of carbonyl (C=O) groups is 2. The van der Waals surface area contributed by atoms with Gasteiger partial charge in [-0.05, 0) is 34.6 Å². The first-order chi connectivity index (χ1) is 18.8. The molecule has 3 N–H and O–H groups in total. The number of nitrogens with zero attached hydrogens (tertiary/aromatic N) is 2. The van der Waals surface area contributed by atoms with E-state index in [4.69, 9.17) is 16.0 Å². The van der Waals surface area contributed by atoms with Crippen molar-refractivity contribution in [2.24, 2.45) is 11.8 Å². The van der Waals surface area contributed by atoms with Crippen molar-refractivity contribution in [3.8, 4) is 11.1 Å². The van der Waals surface area contributed by atoms with Crippen LogP contribution < -0.4 is 5.84 Å². The molecular formula is C32H40N4O3. The highest BCUT2D eigenvalue weighted by Gasteiger charge is 2.33. The number of amides is 1. The Morgan fingerprint density at radius 3 is 2.13 bits per heavy atom. The number of hydrogen-bond donors (Lipinski definition) is 2. The maximum absolute atomic E-state index is 13.2. The number of benzene rings is 3. The highest BCUT2D eigenvalue weighted by Crippen LogP contribution is 2.26. The summed E-state index contributed by atoms with van der Waals surface area (Å²) in [5, 5.41) is 10.2. The summed E-state index contributed by atoms with van der Waals surface area (Å²) in [4.78, 5) is 27.4. The molecule has 0 saturated heterocycles. The molecule has 1 amide bonds. The fourth-order valence-electron chi connectivity index (χ4n) is 4.63. The number of esters is 1. The second-order valence-electron chi connectivity index (χ2n) is 10.0. The van der Waals surface area contributed by atoms with Crippen LogP contribution in [-0.2, 0) is 27.4 Å². The second-order valence-corrected chi connectivity index (χ2v) is 10.0. The van der Waals surface area contributed by atoms with Gasteiger partial charge in [0.05, 0.1) is 13.7 Å². The first kappa shape index (κ1) is 29.6. The predicted octanol–water partition coefficient (Wildman–Crippen LogP) is 5.77. The van der Waals surface area contributed by atoms with Gasteiger partial charge in [-0.1, -0.05) is 106 Å². The summed E-state index contributed by atoms with van der Waals surface area (Å²) in [5.41, 5.74) is 4.49. The Bertz CT molecular complexity index is 1240. The summed E-state index contributed by atoms with van der Waals surface area (Å²) in [5.74, 6) is 5.98. The smallest absolute Gasteiger partial charge is 0.328 e. The Kier molecular flexibility index (Phi) is 10.8. The van der Waals surface area contributed by atoms with E-state index in [0.717, 1.165) is 40.7 Å². The van der Waals surface area contributed by atoms with Gasteiger partial charge in [0.1, 0.15) is 11.9 Å². The van der Waals surface area contributed by atoms with Crippen molar-refractivity contribution in [2.45, 2.75) is 59.2 Å². The zero-order valence-electron chi connectivity index (χ0n) is 23.4. The Morgan fingerprint density at radius 1 is 0.897 bits per heavy atom. The van der Waals surface area contributed by atoms with Crippen molar-refractivity contribution < 1.29 is 14.3 Å². The molecule has 1 atom stereocenters. The predicted molar refractivity (Wildman–Crippen MR) is 156 cm³/mol. The molecule has 0 aromatic heterocycles. The van der Waals surface area contributed by atoms with Crippen molar-refractivity contribution >= 4 is 17.7 Å². The number of ether oxygens (including phenoxy) is 1. The molecule has 7 heteroatoms. The first-order valence-corrected chi connectivity index (χ1v) is 13.5. The highest BCUT2D eigenvalue weighted by molar-refractivity contribution is 6.02. The minimum atomic E-state index is -0.652. The summed E-state index contributed by atoms with van der Waals surface area (Å²) in [6.45, 7) is 6.63. The van der Waals surface area contributed by atoms with Gasteiger partial charge in [0.15, 0.2) is 0 Å². The molecule has 7 nitrogen and oxygen atoms in total. The molecule has 0 saturated carbocycles. The van der Waals surface area contributed by atoms with Crippen LogP contribution in [0.25, 0.3) is 11.1 Å². The van der Waals surface area contributed by atoms with Crippen LogP contribution in [0.5, 0.6) is 0 Å². The molecule has 0 heterocycles. The van der Waals surface area contributed by atoms with Crippen molar-refractivity contribution in [1.82, 2.24) is 9.91 Å². The van der Waals surface area contributed by atoms with Gasteiger partial charge in [0, 0.05) is 18.5 Å². The standard InChI is InChI=1S/C32H40N4O3/c1-5-6-16-29(37)35(30(23(2)3)32(38)39-4)21-25-17-19-26(20-18-25)27-14-10-11-15-28(27)31(33)36(34)22-24-12-8-7-9-13-24/h7-15,17-20,23,30,33H,5-6,16,21-22,34H2,1-4H3. The number of carbonyl (C=O) groups excluding carboxylic acids is 2. The molecule has 0 fully saturated rings. The summed E-state index contributed by atoms with van der Waals surface area (Å²) in [7, 11) is 1.36. The molecule has 3 rings (SSSR count). The lowest BCUT2D eigenvalue weighted by molar-refractivity contribution is -0.155. The minimum Gasteiger partial charge on any atom is -0.467 e. The number of nitrogens with two attached hydrogens (primary N) is 1. The number of amidine groups is 1. The lowest BCUT2D eigenvalue weighted by atomic mass is 9.97. The summed E-state index contributed by atoms with van der Waals surface area (Å²) in [6.07, 6.45) is 2.06. The largest absolute Gasteiger partial charge is 0.467 e. The van der Waals surface area contributed by atoms with Crippen LogP contribution in [0.15, 0.2) is 78.9 Å². The highest BCUT2D eigenvalue weighted by atomic mass is 16.5. The molecule has 3 aromatic carbocycles. The van der Waals surface area contributed by atoms with E-state index in [-0.39, 0.29) is 17.7 Å².